The molecule has 1 atom stereocenters. The van der Waals surface area contributed by atoms with E-state index in [1.807, 2.05) is 6.07 Å². The molecule has 1 aliphatic rings. The normalized spacial score (nSPS) is 20.4. The third kappa shape index (κ3) is 2.78. The fourth-order valence-electron chi connectivity index (χ4n) is 2.61. The van der Waals surface area contributed by atoms with E-state index in [-0.39, 0.29) is 11.8 Å². The topological polar surface area (TPSA) is 52.6 Å². The molecule has 0 spiro atoms. The number of benzene rings is 1. The molecule has 0 fully saturated rings. The van der Waals surface area contributed by atoms with Gasteiger partial charge in [-0.3, -0.25) is 9.59 Å². The van der Waals surface area contributed by atoms with Gasteiger partial charge in [-0.1, -0.05) is 38.1 Å². The molecule has 22 heavy (non-hydrogen) atoms. The van der Waals surface area contributed by atoms with Crippen LogP contribution < -0.4 is 0 Å². The molecule has 0 aromatic heterocycles. The molecule has 1 aromatic carbocycles. The van der Waals surface area contributed by atoms with Crippen LogP contribution in [0, 0.1) is 5.92 Å². The largest absolute Gasteiger partial charge is 0.499 e. The Labute approximate surface area is 131 Å². The second kappa shape index (κ2) is 6.34. The van der Waals surface area contributed by atoms with Crippen molar-refractivity contribution >= 4 is 11.8 Å². The van der Waals surface area contributed by atoms with E-state index in [2.05, 4.69) is 13.8 Å². The first-order chi connectivity index (χ1) is 10.4. The van der Waals surface area contributed by atoms with Crippen molar-refractivity contribution in [2.24, 2.45) is 5.92 Å². The number of allylic oxidation sites excluding steroid dienone is 1. The van der Waals surface area contributed by atoms with Crippen molar-refractivity contribution in [3.05, 3.63) is 47.2 Å². The smallest absolute Gasteiger partial charge is 0.324 e. The van der Waals surface area contributed by atoms with E-state index in [0.717, 1.165) is 6.42 Å². The average molecular weight is 302 g/mol. The summed E-state index contributed by atoms with van der Waals surface area (Å²) in [6, 6.07) is 7.10. The first kappa shape index (κ1) is 16.3. The molecule has 0 aliphatic heterocycles. The van der Waals surface area contributed by atoms with Crippen LogP contribution in [0.1, 0.15) is 43.1 Å². The number of esters is 1. The maximum Gasteiger partial charge on any atom is 0.324 e. The maximum atomic E-state index is 12.7. The van der Waals surface area contributed by atoms with Gasteiger partial charge in [0.2, 0.25) is 0 Å². The van der Waals surface area contributed by atoms with E-state index in [1.165, 1.54) is 13.2 Å². The number of rotatable bonds is 5. The zero-order valence-electron chi connectivity index (χ0n) is 13.5. The highest BCUT2D eigenvalue weighted by Crippen LogP contribution is 2.39. The lowest BCUT2D eigenvalue weighted by atomic mass is 9.73. The summed E-state index contributed by atoms with van der Waals surface area (Å²) >= 11 is 0. The summed E-state index contributed by atoms with van der Waals surface area (Å²) in [6.45, 7) is 6.25. The van der Waals surface area contributed by atoms with Gasteiger partial charge in [0, 0.05) is 11.6 Å². The molecule has 2 rings (SSSR count). The molecule has 0 amide bonds. The van der Waals surface area contributed by atoms with Crippen molar-refractivity contribution in [2.75, 3.05) is 13.7 Å². The number of hydrogen-bond acceptors (Lipinski definition) is 4. The zero-order valence-corrected chi connectivity index (χ0v) is 13.5. The predicted molar refractivity (Wildman–Crippen MR) is 83.6 cm³/mol. The Kier molecular flexibility index (Phi) is 4.69. The van der Waals surface area contributed by atoms with Crippen LogP contribution in [-0.4, -0.2) is 25.5 Å². The lowest BCUT2D eigenvalue weighted by Gasteiger charge is -2.33. The molecule has 1 aliphatic carbocycles. The van der Waals surface area contributed by atoms with Gasteiger partial charge in [0.05, 0.1) is 13.7 Å². The average Bonchev–Trinajstić information content (AvgIpc) is 2.50. The van der Waals surface area contributed by atoms with Crippen molar-refractivity contribution in [3.8, 4) is 0 Å². The van der Waals surface area contributed by atoms with Crippen LogP contribution >= 0.6 is 0 Å². The number of methoxy groups -OCH3 is 1. The predicted octanol–water partition coefficient (Wildman–Crippen LogP) is 3.26. The van der Waals surface area contributed by atoms with E-state index < -0.39 is 5.41 Å². The molecule has 4 nitrogen and oxygen atoms in total. The zero-order chi connectivity index (χ0) is 16.3. The number of carbonyl (C=O) groups is 2. The highest BCUT2D eigenvalue weighted by molar-refractivity contribution is 6.10. The third-order valence-electron chi connectivity index (χ3n) is 4.04. The lowest BCUT2D eigenvalue weighted by Crippen LogP contribution is -2.41. The summed E-state index contributed by atoms with van der Waals surface area (Å²) < 4.78 is 10.8. The minimum atomic E-state index is -1.09. The van der Waals surface area contributed by atoms with Crippen molar-refractivity contribution < 1.29 is 19.1 Å². The van der Waals surface area contributed by atoms with Gasteiger partial charge in [-0.2, -0.15) is 0 Å². The number of fused-ring (bicyclic) bond motifs is 1. The van der Waals surface area contributed by atoms with E-state index in [9.17, 15) is 9.59 Å². The van der Waals surface area contributed by atoms with Crippen molar-refractivity contribution in [1.29, 1.82) is 0 Å². The van der Waals surface area contributed by atoms with Gasteiger partial charge in [0.1, 0.15) is 11.2 Å². The van der Waals surface area contributed by atoms with Crippen molar-refractivity contribution in [1.82, 2.24) is 0 Å². The van der Waals surface area contributed by atoms with Gasteiger partial charge in [0.25, 0.3) is 0 Å². The molecular formula is C18H22O4. The van der Waals surface area contributed by atoms with Gasteiger partial charge in [0.15, 0.2) is 5.78 Å². The summed E-state index contributed by atoms with van der Waals surface area (Å²) in [5, 5.41) is 0. The van der Waals surface area contributed by atoms with Gasteiger partial charge in [-0.15, -0.1) is 0 Å². The van der Waals surface area contributed by atoms with Crippen LogP contribution in [0.25, 0.3) is 0 Å². The number of ether oxygens (including phenoxy) is 2. The maximum absolute atomic E-state index is 12.7. The van der Waals surface area contributed by atoms with Crippen LogP contribution in [0.15, 0.2) is 36.1 Å². The number of carbonyl (C=O) groups excluding carboxylic acids is 2. The highest BCUT2D eigenvalue weighted by atomic mass is 16.5. The Hall–Kier alpha value is -2.10. The SMILES string of the molecule is COC1=CC(=O)c2ccccc2C1(C)C(=O)OCCC(C)C. The quantitative estimate of drug-likeness (QED) is 0.783. The minimum Gasteiger partial charge on any atom is -0.499 e. The molecule has 1 aromatic rings. The molecule has 1 unspecified atom stereocenters. The standard InChI is InChI=1S/C18H22O4/c1-12(2)9-10-22-17(20)18(3)14-8-6-5-7-13(14)15(19)11-16(18)21-4/h5-8,11-12H,9-10H2,1-4H3. The molecule has 4 heteroatoms. The third-order valence-corrected chi connectivity index (χ3v) is 4.04. The molecule has 0 bridgehead atoms. The van der Waals surface area contributed by atoms with Gasteiger partial charge in [-0.05, 0) is 24.8 Å². The van der Waals surface area contributed by atoms with Crippen molar-refractivity contribution in [3.63, 3.8) is 0 Å². The first-order valence-corrected chi connectivity index (χ1v) is 7.48. The highest BCUT2D eigenvalue weighted by Gasteiger charge is 2.47. The molecule has 0 N–H and O–H groups in total. The summed E-state index contributed by atoms with van der Waals surface area (Å²) in [5.74, 6) is 0.241. The van der Waals surface area contributed by atoms with Crippen LogP contribution in [0.5, 0.6) is 0 Å². The van der Waals surface area contributed by atoms with E-state index in [0.29, 0.717) is 29.4 Å². The Morgan fingerprint density at radius 3 is 2.59 bits per heavy atom. The molecule has 0 saturated carbocycles. The molecule has 118 valence electrons. The Morgan fingerprint density at radius 2 is 1.95 bits per heavy atom. The summed E-state index contributed by atoms with van der Waals surface area (Å²) in [7, 11) is 1.46. The molecular weight excluding hydrogens is 280 g/mol. The fourth-order valence-corrected chi connectivity index (χ4v) is 2.61. The second-order valence-electron chi connectivity index (χ2n) is 6.07. The second-order valence-corrected chi connectivity index (χ2v) is 6.07. The van der Waals surface area contributed by atoms with Crippen LogP contribution in [-0.2, 0) is 19.7 Å². The van der Waals surface area contributed by atoms with Gasteiger partial charge in [-0.25, -0.2) is 0 Å². The number of ketones is 1. The van der Waals surface area contributed by atoms with Crippen LogP contribution in [0.2, 0.25) is 0 Å². The summed E-state index contributed by atoms with van der Waals surface area (Å²) in [6.07, 6.45) is 2.18. The fraction of sp³-hybridized carbons (Fsp3) is 0.444. The number of hydrogen-bond donors (Lipinski definition) is 0. The first-order valence-electron chi connectivity index (χ1n) is 7.48. The minimum absolute atomic E-state index is 0.153. The summed E-state index contributed by atoms with van der Waals surface area (Å²) in [4.78, 5) is 24.8. The van der Waals surface area contributed by atoms with Crippen molar-refractivity contribution in [2.45, 2.75) is 32.6 Å². The Balaban J connectivity index is 2.38. The Morgan fingerprint density at radius 1 is 1.27 bits per heavy atom. The molecule has 0 heterocycles. The van der Waals surface area contributed by atoms with E-state index in [4.69, 9.17) is 9.47 Å². The van der Waals surface area contributed by atoms with Gasteiger partial charge < -0.3 is 9.47 Å². The van der Waals surface area contributed by atoms with Crippen LogP contribution in [0.3, 0.4) is 0 Å². The molecule has 0 saturated heterocycles. The lowest BCUT2D eigenvalue weighted by molar-refractivity contribution is -0.150. The van der Waals surface area contributed by atoms with E-state index >= 15 is 0 Å². The van der Waals surface area contributed by atoms with Crippen LogP contribution in [0.4, 0.5) is 0 Å². The van der Waals surface area contributed by atoms with Gasteiger partial charge >= 0.3 is 5.97 Å². The summed E-state index contributed by atoms with van der Waals surface area (Å²) in [5.41, 5.74) is 0.0662. The van der Waals surface area contributed by atoms with E-state index in [1.54, 1.807) is 25.1 Å². The monoisotopic (exact) mass is 302 g/mol. The molecule has 0 radical (unpaired) electrons. The Bertz CT molecular complexity index is 615.